The van der Waals surface area contributed by atoms with Gasteiger partial charge in [0.25, 0.3) is 0 Å². The number of rotatable bonds is 4. The largest absolute Gasteiger partial charge is 0.460 e. The second kappa shape index (κ2) is 6.83. The number of nitrogens with one attached hydrogen (secondary N) is 1. The maximum atomic E-state index is 12.9. The van der Waals surface area contributed by atoms with Crippen molar-refractivity contribution in [2.75, 3.05) is 13.1 Å². The number of carbonyl (C=O) groups is 1. The molecule has 1 saturated heterocycles. The summed E-state index contributed by atoms with van der Waals surface area (Å²) in [4.78, 5) is 14.2. The van der Waals surface area contributed by atoms with E-state index in [2.05, 4.69) is 5.32 Å². The highest BCUT2D eigenvalue weighted by Gasteiger charge is 2.50. The molecule has 3 heterocycles. The molecule has 25 heavy (non-hydrogen) atoms. The lowest BCUT2D eigenvalue weighted by molar-refractivity contribution is -0.179. The van der Waals surface area contributed by atoms with E-state index < -0.39 is 11.6 Å². The Morgan fingerprint density at radius 2 is 1.84 bits per heavy atom. The van der Waals surface area contributed by atoms with E-state index in [1.165, 1.54) is 35.5 Å². The molecule has 0 amide bonds. The molecule has 4 rings (SSSR count). The zero-order valence-electron chi connectivity index (χ0n) is 14.1. The molecule has 134 valence electrons. The SMILES string of the molecule is O=C(OC1CC2(CCCNCC2)C1)C(O)(c1cccs1)c1cccs1. The van der Waals surface area contributed by atoms with Crippen LogP contribution in [0.4, 0.5) is 0 Å². The predicted octanol–water partition coefficient (Wildman–Crippen LogP) is 3.51. The van der Waals surface area contributed by atoms with E-state index in [0.29, 0.717) is 15.2 Å². The van der Waals surface area contributed by atoms with Gasteiger partial charge in [0.05, 0.1) is 9.75 Å². The number of ether oxygens (including phenoxy) is 1. The molecule has 0 unspecified atom stereocenters. The fourth-order valence-electron chi connectivity index (χ4n) is 4.12. The summed E-state index contributed by atoms with van der Waals surface area (Å²) in [6.07, 6.45) is 5.32. The summed E-state index contributed by atoms with van der Waals surface area (Å²) in [5, 5.41) is 18.4. The first kappa shape index (κ1) is 17.2. The first-order valence-electron chi connectivity index (χ1n) is 8.85. The van der Waals surface area contributed by atoms with Gasteiger partial charge < -0.3 is 15.2 Å². The average molecular weight is 378 g/mol. The predicted molar refractivity (Wildman–Crippen MR) is 99.9 cm³/mol. The first-order valence-corrected chi connectivity index (χ1v) is 10.6. The highest BCUT2D eigenvalue weighted by atomic mass is 32.1. The van der Waals surface area contributed by atoms with Crippen LogP contribution in [0.1, 0.15) is 41.9 Å². The minimum absolute atomic E-state index is 0.0722. The molecule has 4 nitrogen and oxygen atoms in total. The summed E-state index contributed by atoms with van der Waals surface area (Å²) < 4.78 is 5.77. The van der Waals surface area contributed by atoms with E-state index in [9.17, 15) is 9.90 Å². The van der Waals surface area contributed by atoms with E-state index in [1.54, 1.807) is 12.1 Å². The van der Waals surface area contributed by atoms with Crippen molar-refractivity contribution < 1.29 is 14.6 Å². The smallest absolute Gasteiger partial charge is 0.349 e. The number of esters is 1. The quantitative estimate of drug-likeness (QED) is 0.801. The number of thiophene rings is 2. The van der Waals surface area contributed by atoms with E-state index in [1.807, 2.05) is 22.9 Å². The highest BCUT2D eigenvalue weighted by Crippen LogP contribution is 2.50. The van der Waals surface area contributed by atoms with Crippen LogP contribution >= 0.6 is 22.7 Å². The normalized spacial score (nSPS) is 26.8. The van der Waals surface area contributed by atoms with Crippen LogP contribution in [0.15, 0.2) is 35.0 Å². The molecule has 2 aliphatic rings. The van der Waals surface area contributed by atoms with Gasteiger partial charge in [0.1, 0.15) is 6.10 Å². The van der Waals surface area contributed by atoms with Crippen LogP contribution in [0.2, 0.25) is 0 Å². The fourth-order valence-corrected chi connectivity index (χ4v) is 5.83. The van der Waals surface area contributed by atoms with Crippen molar-refractivity contribution >= 4 is 28.6 Å². The van der Waals surface area contributed by atoms with Crippen molar-refractivity contribution in [2.45, 2.75) is 43.8 Å². The van der Waals surface area contributed by atoms with Crippen LogP contribution < -0.4 is 5.32 Å². The van der Waals surface area contributed by atoms with E-state index in [0.717, 1.165) is 32.4 Å². The Hall–Kier alpha value is -1.21. The van der Waals surface area contributed by atoms with Gasteiger partial charge in [-0.2, -0.15) is 0 Å². The molecule has 2 N–H and O–H groups in total. The van der Waals surface area contributed by atoms with Crippen LogP contribution in [0.25, 0.3) is 0 Å². The number of carbonyl (C=O) groups excluding carboxylic acids is 1. The average Bonchev–Trinajstić information content (AvgIpc) is 3.25. The maximum Gasteiger partial charge on any atom is 0.349 e. The van der Waals surface area contributed by atoms with Gasteiger partial charge in [0.2, 0.25) is 5.60 Å². The number of aliphatic hydroxyl groups is 1. The first-order chi connectivity index (χ1) is 12.1. The zero-order valence-corrected chi connectivity index (χ0v) is 15.7. The molecule has 0 radical (unpaired) electrons. The zero-order chi connectivity index (χ0) is 17.3. The Kier molecular flexibility index (Phi) is 4.71. The molecule has 1 aliphatic carbocycles. The van der Waals surface area contributed by atoms with Gasteiger partial charge in [0.15, 0.2) is 0 Å². The van der Waals surface area contributed by atoms with Gasteiger partial charge in [-0.05, 0) is 73.5 Å². The third-order valence-corrected chi connectivity index (χ3v) is 7.50. The molecule has 0 bridgehead atoms. The molecule has 2 fully saturated rings. The molecule has 2 aromatic rings. The van der Waals surface area contributed by atoms with Gasteiger partial charge in [-0.1, -0.05) is 12.1 Å². The maximum absolute atomic E-state index is 12.9. The molecular weight excluding hydrogens is 354 g/mol. The van der Waals surface area contributed by atoms with Crippen LogP contribution in [0, 0.1) is 5.41 Å². The molecule has 1 saturated carbocycles. The molecule has 0 atom stereocenters. The van der Waals surface area contributed by atoms with Crippen LogP contribution in [0.5, 0.6) is 0 Å². The summed E-state index contributed by atoms with van der Waals surface area (Å²) in [7, 11) is 0. The Labute approximate surface area is 155 Å². The van der Waals surface area contributed by atoms with E-state index in [4.69, 9.17) is 4.74 Å². The van der Waals surface area contributed by atoms with E-state index >= 15 is 0 Å². The summed E-state index contributed by atoms with van der Waals surface area (Å²) in [5.41, 5.74) is -1.35. The van der Waals surface area contributed by atoms with Crippen LogP contribution in [-0.2, 0) is 15.1 Å². The third kappa shape index (κ3) is 3.16. The van der Waals surface area contributed by atoms with Gasteiger partial charge in [-0.15, -0.1) is 22.7 Å². The lowest BCUT2D eigenvalue weighted by atomic mass is 9.62. The van der Waals surface area contributed by atoms with Gasteiger partial charge in [-0.25, -0.2) is 4.79 Å². The van der Waals surface area contributed by atoms with Crippen molar-refractivity contribution in [1.29, 1.82) is 0 Å². The Morgan fingerprint density at radius 1 is 1.16 bits per heavy atom. The van der Waals surface area contributed by atoms with Crippen molar-refractivity contribution in [2.24, 2.45) is 5.41 Å². The Morgan fingerprint density at radius 3 is 2.44 bits per heavy atom. The second-order valence-electron chi connectivity index (χ2n) is 7.20. The standard InChI is InChI=1S/C19H23NO3S2/c21-17(23-14-12-18(13-14)6-3-8-20-9-7-18)19(22,15-4-1-10-24-15)16-5-2-11-25-16/h1-2,4-5,10-11,14,20,22H,3,6-9,12-13H2. The summed E-state index contributed by atoms with van der Waals surface area (Å²) in [5.74, 6) is -0.538. The van der Waals surface area contributed by atoms with Crippen molar-refractivity contribution in [3.05, 3.63) is 44.8 Å². The van der Waals surface area contributed by atoms with Crippen molar-refractivity contribution in [1.82, 2.24) is 5.32 Å². The van der Waals surface area contributed by atoms with Crippen molar-refractivity contribution in [3.63, 3.8) is 0 Å². The minimum Gasteiger partial charge on any atom is -0.460 e. The molecule has 6 heteroatoms. The molecule has 1 aliphatic heterocycles. The highest BCUT2D eigenvalue weighted by molar-refractivity contribution is 7.12. The number of hydrogen-bond acceptors (Lipinski definition) is 6. The minimum atomic E-state index is -1.68. The summed E-state index contributed by atoms with van der Waals surface area (Å²) in [6, 6.07) is 7.29. The summed E-state index contributed by atoms with van der Waals surface area (Å²) >= 11 is 2.76. The lowest BCUT2D eigenvalue weighted by Gasteiger charge is -2.47. The van der Waals surface area contributed by atoms with Gasteiger partial charge in [0, 0.05) is 0 Å². The topological polar surface area (TPSA) is 58.6 Å². The summed E-state index contributed by atoms with van der Waals surface area (Å²) in [6.45, 7) is 2.14. The number of hydrogen-bond donors (Lipinski definition) is 2. The lowest BCUT2D eigenvalue weighted by Crippen LogP contribution is -2.47. The Balaban J connectivity index is 1.48. The van der Waals surface area contributed by atoms with Crippen LogP contribution in [-0.4, -0.2) is 30.3 Å². The third-order valence-electron chi connectivity index (χ3n) is 5.54. The van der Waals surface area contributed by atoms with E-state index in [-0.39, 0.29) is 6.10 Å². The molecule has 0 aromatic carbocycles. The fraction of sp³-hybridized carbons (Fsp3) is 0.526. The monoisotopic (exact) mass is 377 g/mol. The Bertz CT molecular complexity index is 661. The van der Waals surface area contributed by atoms with Gasteiger partial charge >= 0.3 is 5.97 Å². The van der Waals surface area contributed by atoms with Crippen LogP contribution in [0.3, 0.4) is 0 Å². The molecular formula is C19H23NO3S2. The van der Waals surface area contributed by atoms with Crippen molar-refractivity contribution in [3.8, 4) is 0 Å². The van der Waals surface area contributed by atoms with Gasteiger partial charge in [-0.3, -0.25) is 0 Å². The molecule has 1 spiro atoms. The molecule has 2 aromatic heterocycles. The second-order valence-corrected chi connectivity index (χ2v) is 9.10.